The second-order valence-electron chi connectivity index (χ2n) is 4.55. The molecule has 1 aliphatic rings. The first-order valence-corrected chi connectivity index (χ1v) is 6.29. The Hall–Kier alpha value is -1.89. The maximum Gasteiger partial charge on any atom is 0.194 e. The summed E-state index contributed by atoms with van der Waals surface area (Å²) in [6.07, 6.45) is 0. The second kappa shape index (κ2) is 7.64. The number of nitrogens with zero attached hydrogens (tertiary/aromatic N) is 3. The van der Waals surface area contributed by atoms with Crippen molar-refractivity contribution < 1.29 is 14.1 Å². The number of benzene rings is 1. The summed E-state index contributed by atoms with van der Waals surface area (Å²) in [7, 11) is 4.57. The molecule has 0 aliphatic carbocycles. The zero-order valence-electron chi connectivity index (χ0n) is 12.0. The first kappa shape index (κ1) is 16.2. The predicted molar refractivity (Wildman–Crippen MR) is 75.6 cm³/mol. The summed E-state index contributed by atoms with van der Waals surface area (Å²) < 4.78 is 18.8. The molecule has 1 aromatic rings. The van der Waals surface area contributed by atoms with Gasteiger partial charge in [0, 0.05) is 37.2 Å². The molecule has 0 saturated carbocycles. The molecule has 112 valence electrons. The van der Waals surface area contributed by atoms with Gasteiger partial charge in [-0.05, 0) is 19.2 Å². The van der Waals surface area contributed by atoms with Crippen LogP contribution in [0.1, 0.15) is 0 Å². The Morgan fingerprint density at radius 1 is 1.30 bits per heavy atom. The molecule has 1 saturated heterocycles. The SMILES string of the molecule is COc1ccc(F)c(N2CCN(C)CC2)c1.C[N+](=O)[O-]. The monoisotopic (exact) mass is 285 g/mol. The van der Waals surface area contributed by atoms with Crippen LogP contribution in [0.5, 0.6) is 5.75 Å². The molecule has 0 amide bonds. The average molecular weight is 285 g/mol. The molecule has 1 heterocycles. The van der Waals surface area contributed by atoms with Crippen LogP contribution in [-0.2, 0) is 0 Å². The molecule has 0 unspecified atom stereocenters. The summed E-state index contributed by atoms with van der Waals surface area (Å²) in [5.41, 5.74) is 0.646. The van der Waals surface area contributed by atoms with Gasteiger partial charge in [-0.2, -0.15) is 0 Å². The van der Waals surface area contributed by atoms with Gasteiger partial charge >= 0.3 is 0 Å². The number of halogens is 1. The van der Waals surface area contributed by atoms with Crippen LogP contribution in [0.4, 0.5) is 10.1 Å². The largest absolute Gasteiger partial charge is 0.497 e. The molecule has 0 spiro atoms. The van der Waals surface area contributed by atoms with Crippen LogP contribution >= 0.6 is 0 Å². The minimum atomic E-state index is -0.500. The van der Waals surface area contributed by atoms with Gasteiger partial charge in [-0.3, -0.25) is 10.1 Å². The summed E-state index contributed by atoms with van der Waals surface area (Å²) in [4.78, 5) is 12.6. The highest BCUT2D eigenvalue weighted by Gasteiger charge is 2.17. The van der Waals surface area contributed by atoms with Crippen molar-refractivity contribution >= 4 is 5.69 Å². The van der Waals surface area contributed by atoms with Crippen molar-refractivity contribution in [3.8, 4) is 5.75 Å². The molecule has 1 aromatic carbocycles. The summed E-state index contributed by atoms with van der Waals surface area (Å²) in [5, 5.41) is 8.81. The molecule has 0 atom stereocenters. The van der Waals surface area contributed by atoms with Crippen LogP contribution in [0.25, 0.3) is 0 Å². The number of hydrogen-bond acceptors (Lipinski definition) is 5. The highest BCUT2D eigenvalue weighted by molar-refractivity contribution is 5.52. The first-order valence-electron chi connectivity index (χ1n) is 6.29. The van der Waals surface area contributed by atoms with Gasteiger partial charge in [-0.1, -0.05) is 0 Å². The third kappa shape index (κ3) is 5.00. The Balaban J connectivity index is 0.000000444. The van der Waals surface area contributed by atoms with Gasteiger partial charge in [-0.15, -0.1) is 0 Å². The topological polar surface area (TPSA) is 58.8 Å². The highest BCUT2D eigenvalue weighted by Crippen LogP contribution is 2.25. The van der Waals surface area contributed by atoms with Crippen molar-refractivity contribution in [2.75, 3.05) is 52.3 Å². The van der Waals surface area contributed by atoms with E-state index < -0.39 is 4.92 Å². The number of hydrogen-bond donors (Lipinski definition) is 0. The second-order valence-corrected chi connectivity index (χ2v) is 4.55. The van der Waals surface area contributed by atoms with Crippen molar-refractivity contribution in [1.29, 1.82) is 0 Å². The average Bonchev–Trinajstić information content (AvgIpc) is 2.40. The van der Waals surface area contributed by atoms with E-state index in [0.717, 1.165) is 33.2 Å². The van der Waals surface area contributed by atoms with Gasteiger partial charge in [0.2, 0.25) is 0 Å². The van der Waals surface area contributed by atoms with E-state index in [9.17, 15) is 4.39 Å². The molecular weight excluding hydrogens is 265 g/mol. The summed E-state index contributed by atoms with van der Waals surface area (Å²) in [6, 6.07) is 4.88. The van der Waals surface area contributed by atoms with Crippen molar-refractivity contribution in [1.82, 2.24) is 4.90 Å². The molecule has 0 N–H and O–H groups in total. The van der Waals surface area contributed by atoms with E-state index in [0.29, 0.717) is 11.4 Å². The van der Waals surface area contributed by atoms with Crippen molar-refractivity contribution in [2.45, 2.75) is 0 Å². The molecule has 0 radical (unpaired) electrons. The number of methoxy groups -OCH3 is 1. The maximum atomic E-state index is 13.7. The van der Waals surface area contributed by atoms with E-state index in [1.54, 1.807) is 19.2 Å². The number of likely N-dealkylation sites (N-methyl/N-ethyl adjacent to an activating group) is 1. The van der Waals surface area contributed by atoms with Gasteiger partial charge < -0.3 is 14.5 Å². The van der Waals surface area contributed by atoms with Gasteiger partial charge in [0.15, 0.2) is 7.05 Å². The van der Waals surface area contributed by atoms with E-state index in [1.165, 1.54) is 6.07 Å². The fraction of sp³-hybridized carbons (Fsp3) is 0.538. The Labute approximate surface area is 117 Å². The minimum absolute atomic E-state index is 0.176. The van der Waals surface area contributed by atoms with Crippen molar-refractivity contribution in [3.63, 3.8) is 0 Å². The third-order valence-electron chi connectivity index (χ3n) is 3.00. The molecule has 0 bridgehead atoms. The van der Waals surface area contributed by atoms with Gasteiger partial charge in [0.25, 0.3) is 0 Å². The van der Waals surface area contributed by atoms with Crippen molar-refractivity contribution in [3.05, 3.63) is 34.1 Å². The van der Waals surface area contributed by atoms with Gasteiger partial charge in [0.1, 0.15) is 11.6 Å². The van der Waals surface area contributed by atoms with E-state index in [4.69, 9.17) is 14.9 Å². The molecule has 6 nitrogen and oxygen atoms in total. The smallest absolute Gasteiger partial charge is 0.194 e. The normalized spacial score (nSPS) is 15.3. The number of nitro groups is 1. The fourth-order valence-corrected chi connectivity index (χ4v) is 1.91. The summed E-state index contributed by atoms with van der Waals surface area (Å²) in [5.74, 6) is 0.528. The van der Waals surface area contributed by atoms with E-state index in [-0.39, 0.29) is 5.82 Å². The van der Waals surface area contributed by atoms with Crippen LogP contribution < -0.4 is 9.64 Å². The third-order valence-corrected chi connectivity index (χ3v) is 3.00. The maximum absolute atomic E-state index is 13.7. The lowest BCUT2D eigenvalue weighted by molar-refractivity contribution is -0.445. The van der Waals surface area contributed by atoms with Crippen LogP contribution in [0.2, 0.25) is 0 Å². The zero-order chi connectivity index (χ0) is 15.1. The molecule has 0 aromatic heterocycles. The quantitative estimate of drug-likeness (QED) is 0.608. The summed E-state index contributed by atoms with van der Waals surface area (Å²) >= 11 is 0. The number of anilines is 1. The zero-order valence-corrected chi connectivity index (χ0v) is 12.0. The first-order chi connectivity index (χ1) is 9.43. The number of rotatable bonds is 2. The minimum Gasteiger partial charge on any atom is -0.497 e. The van der Waals surface area contributed by atoms with Crippen LogP contribution in [0.3, 0.4) is 0 Å². The molecular formula is C13H20FN3O3. The van der Waals surface area contributed by atoms with Crippen molar-refractivity contribution in [2.24, 2.45) is 0 Å². The molecule has 7 heteroatoms. The molecule has 2 rings (SSSR count). The van der Waals surface area contributed by atoms with E-state index in [1.807, 2.05) is 0 Å². The standard InChI is InChI=1S/C12H17FN2O.CH3NO2/c1-14-5-7-15(8-6-14)12-9-10(16-2)3-4-11(12)13;1-2(3)4/h3-4,9H,5-8H2,1-2H3;1H3. The lowest BCUT2D eigenvalue weighted by Crippen LogP contribution is -2.44. The molecule has 1 aliphatic heterocycles. The van der Waals surface area contributed by atoms with Crippen LogP contribution in [-0.4, -0.2) is 57.2 Å². The lowest BCUT2D eigenvalue weighted by Gasteiger charge is -2.34. The predicted octanol–water partition coefficient (Wildman–Crippen LogP) is 1.48. The lowest BCUT2D eigenvalue weighted by atomic mass is 10.2. The van der Waals surface area contributed by atoms with Gasteiger partial charge in [0.05, 0.1) is 12.8 Å². The van der Waals surface area contributed by atoms with Gasteiger partial charge in [-0.25, -0.2) is 4.39 Å². The fourth-order valence-electron chi connectivity index (χ4n) is 1.91. The van der Waals surface area contributed by atoms with E-state index in [2.05, 4.69) is 16.8 Å². The highest BCUT2D eigenvalue weighted by atomic mass is 19.1. The van der Waals surface area contributed by atoms with Crippen LogP contribution in [0.15, 0.2) is 18.2 Å². The van der Waals surface area contributed by atoms with E-state index >= 15 is 0 Å². The Morgan fingerprint density at radius 2 is 1.85 bits per heavy atom. The Bertz CT molecular complexity index is 444. The molecule has 1 fully saturated rings. The molecule has 20 heavy (non-hydrogen) atoms. The Kier molecular flexibility index (Phi) is 6.17. The summed E-state index contributed by atoms with van der Waals surface area (Å²) in [6.45, 7) is 3.66. The number of piperazine rings is 1. The van der Waals surface area contributed by atoms with Crippen LogP contribution in [0, 0.1) is 15.9 Å². The number of ether oxygens (including phenoxy) is 1. The Morgan fingerprint density at radius 3 is 2.35 bits per heavy atom.